The van der Waals surface area contributed by atoms with E-state index >= 15 is 0 Å². The van der Waals surface area contributed by atoms with E-state index in [1.807, 2.05) is 0 Å². The fourth-order valence-electron chi connectivity index (χ4n) is 5.84. The molecule has 4 aliphatic carbocycles. The highest BCUT2D eigenvalue weighted by Gasteiger charge is 2.60. The minimum absolute atomic E-state index is 0.0493. The molecule has 6 nitrogen and oxygen atoms in total. The van der Waals surface area contributed by atoms with Crippen molar-refractivity contribution in [2.24, 2.45) is 17.3 Å². The van der Waals surface area contributed by atoms with Crippen LogP contribution in [0.3, 0.4) is 0 Å². The maximum absolute atomic E-state index is 13.0. The molecule has 30 heavy (non-hydrogen) atoms. The van der Waals surface area contributed by atoms with Crippen LogP contribution in [0.15, 0.2) is 24.3 Å². The van der Waals surface area contributed by atoms with Crippen LogP contribution in [0, 0.1) is 17.3 Å². The highest BCUT2D eigenvalue weighted by molar-refractivity contribution is 9.10. The van der Waals surface area contributed by atoms with Crippen molar-refractivity contribution in [2.45, 2.75) is 42.8 Å². The number of likely N-dealkylation sites (N-methyl/N-ethyl adjacent to an activating group) is 1. The SMILES string of the molecule is CN(CC(=O)Nc1ccccc1Cl)C(=O)COC(=O)C12C[C@H]3C[C@@H](CC(Br)(C3)C1)C2. The van der Waals surface area contributed by atoms with E-state index in [4.69, 9.17) is 16.3 Å². The highest BCUT2D eigenvalue weighted by Crippen LogP contribution is 2.64. The molecule has 0 unspecified atom stereocenters. The van der Waals surface area contributed by atoms with E-state index in [2.05, 4.69) is 21.2 Å². The molecular formula is C22H26BrClN2O4. The fourth-order valence-corrected chi connectivity index (χ4v) is 7.47. The van der Waals surface area contributed by atoms with Gasteiger partial charge in [-0.15, -0.1) is 0 Å². The predicted octanol–water partition coefficient (Wildman–Crippen LogP) is 4.01. The summed E-state index contributed by atoms with van der Waals surface area (Å²) >= 11 is 9.92. The quantitative estimate of drug-likeness (QED) is 0.476. The summed E-state index contributed by atoms with van der Waals surface area (Å²) in [7, 11) is 1.51. The molecule has 0 aromatic heterocycles. The van der Waals surface area contributed by atoms with Crippen LogP contribution in [0.4, 0.5) is 5.69 Å². The summed E-state index contributed by atoms with van der Waals surface area (Å²) < 4.78 is 5.52. The molecular weight excluding hydrogens is 472 g/mol. The molecule has 1 N–H and O–H groups in total. The molecule has 2 amide bonds. The molecule has 2 atom stereocenters. The molecule has 0 spiro atoms. The second-order valence-corrected chi connectivity index (χ2v) is 11.3. The van der Waals surface area contributed by atoms with Gasteiger partial charge in [0.15, 0.2) is 6.61 Å². The van der Waals surface area contributed by atoms with Crippen molar-refractivity contribution in [1.29, 1.82) is 0 Å². The van der Waals surface area contributed by atoms with Gasteiger partial charge < -0.3 is 15.0 Å². The van der Waals surface area contributed by atoms with Gasteiger partial charge in [-0.3, -0.25) is 14.4 Å². The average molecular weight is 498 g/mol. The highest BCUT2D eigenvalue weighted by atomic mass is 79.9. The smallest absolute Gasteiger partial charge is 0.312 e. The lowest BCUT2D eigenvalue weighted by Gasteiger charge is -2.58. The standard InChI is InChI=1S/C22H26BrClN2O4/c1-26(11-18(27)25-17-5-3-2-4-16(17)24)19(28)12-30-20(29)21-7-14-6-15(8-21)10-22(23,9-14)13-21/h2-5,14-15H,6-13H2,1H3,(H,25,27)/t14-,15-,21?,22?/m1/s1. The average Bonchev–Trinajstić information content (AvgIpc) is 2.65. The molecule has 4 bridgehead atoms. The van der Waals surface area contributed by atoms with E-state index in [-0.39, 0.29) is 29.4 Å². The number of ether oxygens (including phenoxy) is 1. The van der Waals surface area contributed by atoms with Crippen LogP contribution >= 0.6 is 27.5 Å². The number of para-hydroxylation sites is 1. The first-order valence-corrected chi connectivity index (χ1v) is 11.5. The Bertz CT molecular complexity index is 862. The van der Waals surface area contributed by atoms with Crippen molar-refractivity contribution in [3.8, 4) is 0 Å². The number of hydrogen-bond acceptors (Lipinski definition) is 4. The first kappa shape index (κ1) is 21.6. The number of carbonyl (C=O) groups excluding carboxylic acids is 3. The summed E-state index contributed by atoms with van der Waals surface area (Å²) in [4.78, 5) is 38.8. The number of nitrogens with zero attached hydrogens (tertiary/aromatic N) is 1. The lowest BCUT2D eigenvalue weighted by Crippen LogP contribution is -2.56. The fraction of sp³-hybridized carbons (Fsp3) is 0.591. The van der Waals surface area contributed by atoms with Crippen LogP contribution in [0.25, 0.3) is 0 Å². The van der Waals surface area contributed by atoms with Gasteiger partial charge in [0.1, 0.15) is 0 Å². The zero-order chi connectivity index (χ0) is 21.5. The number of rotatable bonds is 6. The Morgan fingerprint density at radius 3 is 2.50 bits per heavy atom. The van der Waals surface area contributed by atoms with Gasteiger partial charge in [0.05, 0.1) is 22.7 Å². The number of halogens is 2. The molecule has 4 saturated carbocycles. The maximum atomic E-state index is 13.0. The topological polar surface area (TPSA) is 75.7 Å². The second kappa shape index (κ2) is 8.15. The van der Waals surface area contributed by atoms with E-state index in [0.29, 0.717) is 22.5 Å². The van der Waals surface area contributed by atoms with E-state index in [9.17, 15) is 14.4 Å². The number of carbonyl (C=O) groups is 3. The summed E-state index contributed by atoms with van der Waals surface area (Å²) in [5, 5.41) is 3.10. The number of hydrogen-bond donors (Lipinski definition) is 1. The summed E-state index contributed by atoms with van der Waals surface area (Å²) in [6, 6.07) is 6.89. The minimum atomic E-state index is -0.464. The molecule has 0 aliphatic heterocycles. The molecule has 1 aromatic rings. The molecule has 1 aromatic carbocycles. The molecule has 5 rings (SSSR count). The van der Waals surface area contributed by atoms with Gasteiger partial charge in [0, 0.05) is 11.4 Å². The van der Waals surface area contributed by atoms with Crippen LogP contribution in [0.5, 0.6) is 0 Å². The summed E-state index contributed by atoms with van der Waals surface area (Å²) in [5.74, 6) is 0.0846. The van der Waals surface area contributed by atoms with Crippen molar-refractivity contribution < 1.29 is 19.1 Å². The Morgan fingerprint density at radius 1 is 1.20 bits per heavy atom. The third kappa shape index (κ3) is 4.37. The van der Waals surface area contributed by atoms with Gasteiger partial charge in [-0.25, -0.2) is 0 Å². The summed E-state index contributed by atoms with van der Waals surface area (Å²) in [5.41, 5.74) is 0.0235. The Morgan fingerprint density at radius 2 is 1.87 bits per heavy atom. The monoisotopic (exact) mass is 496 g/mol. The molecule has 0 saturated heterocycles. The van der Waals surface area contributed by atoms with Crippen LogP contribution in [-0.2, 0) is 19.1 Å². The summed E-state index contributed by atoms with van der Waals surface area (Å²) in [6.07, 6.45) is 5.96. The number of alkyl halides is 1. The lowest BCUT2D eigenvalue weighted by atomic mass is 9.49. The number of nitrogens with one attached hydrogen (secondary N) is 1. The van der Waals surface area contributed by atoms with Crippen LogP contribution in [-0.4, -0.2) is 47.2 Å². The van der Waals surface area contributed by atoms with Gasteiger partial charge in [-0.1, -0.05) is 39.7 Å². The van der Waals surface area contributed by atoms with Crippen molar-refractivity contribution in [3.63, 3.8) is 0 Å². The van der Waals surface area contributed by atoms with E-state index in [1.54, 1.807) is 24.3 Å². The second-order valence-electron chi connectivity index (χ2n) is 9.25. The maximum Gasteiger partial charge on any atom is 0.312 e. The van der Waals surface area contributed by atoms with Crippen molar-refractivity contribution >= 4 is 51.0 Å². The van der Waals surface area contributed by atoms with Crippen molar-refractivity contribution in [2.75, 3.05) is 25.5 Å². The Hall–Kier alpha value is -1.60. The Labute approximate surface area is 189 Å². The zero-order valence-corrected chi connectivity index (χ0v) is 19.3. The van der Waals surface area contributed by atoms with Gasteiger partial charge in [-0.05, 0) is 62.5 Å². The van der Waals surface area contributed by atoms with Gasteiger partial charge in [0.2, 0.25) is 5.91 Å². The van der Waals surface area contributed by atoms with Crippen molar-refractivity contribution in [3.05, 3.63) is 29.3 Å². The van der Waals surface area contributed by atoms with E-state index < -0.39 is 11.3 Å². The molecule has 8 heteroatoms. The molecule has 4 aliphatic rings. The van der Waals surface area contributed by atoms with Crippen LogP contribution in [0.2, 0.25) is 5.02 Å². The normalized spacial score (nSPS) is 31.3. The molecule has 4 fully saturated rings. The first-order valence-electron chi connectivity index (χ1n) is 10.3. The number of esters is 1. The number of benzene rings is 1. The van der Waals surface area contributed by atoms with E-state index in [1.165, 1.54) is 18.4 Å². The van der Waals surface area contributed by atoms with Gasteiger partial charge in [-0.2, -0.15) is 0 Å². The Kier molecular flexibility index (Phi) is 5.88. The third-order valence-corrected chi connectivity index (χ3v) is 7.96. The number of anilines is 1. The molecule has 0 heterocycles. The zero-order valence-electron chi connectivity index (χ0n) is 17.0. The van der Waals surface area contributed by atoms with Gasteiger partial charge in [0.25, 0.3) is 5.91 Å². The third-order valence-electron chi connectivity index (χ3n) is 6.70. The van der Waals surface area contributed by atoms with Gasteiger partial charge >= 0.3 is 5.97 Å². The predicted molar refractivity (Wildman–Crippen MR) is 117 cm³/mol. The largest absolute Gasteiger partial charge is 0.455 e. The van der Waals surface area contributed by atoms with Crippen molar-refractivity contribution in [1.82, 2.24) is 4.90 Å². The molecule has 0 radical (unpaired) electrons. The summed E-state index contributed by atoms with van der Waals surface area (Å²) in [6.45, 7) is -0.498. The molecule has 162 valence electrons. The number of amides is 2. The van der Waals surface area contributed by atoms with Crippen LogP contribution < -0.4 is 5.32 Å². The first-order chi connectivity index (χ1) is 14.2. The van der Waals surface area contributed by atoms with E-state index in [0.717, 1.165) is 32.1 Å². The minimum Gasteiger partial charge on any atom is -0.455 e. The van der Waals surface area contributed by atoms with Crippen LogP contribution in [0.1, 0.15) is 38.5 Å². The Balaban J connectivity index is 1.28. The lowest BCUT2D eigenvalue weighted by molar-refractivity contribution is -0.172.